The van der Waals surface area contributed by atoms with Crippen LogP contribution in [0, 0.1) is 0 Å². The lowest BCUT2D eigenvalue weighted by molar-refractivity contribution is 0.415. The molecule has 0 aliphatic heterocycles. The second-order valence-electron chi connectivity index (χ2n) is 4.01. The predicted octanol–water partition coefficient (Wildman–Crippen LogP) is 3.87. The second-order valence-corrected chi connectivity index (χ2v) is 5.07. The average Bonchev–Trinajstić information content (AvgIpc) is 2.88. The molecule has 19 heavy (non-hydrogen) atoms. The molecule has 2 aromatic heterocycles. The number of nitrogens with zero attached hydrogens (tertiary/aromatic N) is 2. The van der Waals surface area contributed by atoms with Gasteiger partial charge in [0.1, 0.15) is 10.8 Å². The molecule has 0 bridgehead atoms. The SMILES string of the molecule is COc1ccc2nc(C=Cc3cccnc3)sc2c1. The molecule has 0 unspecified atom stereocenters. The fraction of sp³-hybridized carbons (Fsp3) is 0.0667. The highest BCUT2D eigenvalue weighted by Gasteiger charge is 2.02. The van der Waals surface area contributed by atoms with E-state index in [2.05, 4.69) is 9.97 Å². The zero-order valence-corrected chi connectivity index (χ0v) is 11.2. The molecule has 0 saturated carbocycles. The second kappa shape index (κ2) is 5.20. The Hall–Kier alpha value is -2.20. The van der Waals surface area contributed by atoms with Crippen LogP contribution in [0.25, 0.3) is 22.4 Å². The molecule has 0 aliphatic carbocycles. The summed E-state index contributed by atoms with van der Waals surface area (Å²) in [5, 5.41) is 0.979. The Morgan fingerprint density at radius 2 is 2.16 bits per heavy atom. The zero-order valence-electron chi connectivity index (χ0n) is 10.4. The van der Waals surface area contributed by atoms with Gasteiger partial charge in [0.05, 0.1) is 17.3 Å². The van der Waals surface area contributed by atoms with Crippen molar-refractivity contribution in [2.75, 3.05) is 7.11 Å². The molecular weight excluding hydrogens is 256 g/mol. The van der Waals surface area contributed by atoms with E-state index in [1.165, 1.54) is 0 Å². The number of rotatable bonds is 3. The van der Waals surface area contributed by atoms with Gasteiger partial charge >= 0.3 is 0 Å². The summed E-state index contributed by atoms with van der Waals surface area (Å²) in [4.78, 5) is 8.64. The van der Waals surface area contributed by atoms with E-state index in [1.54, 1.807) is 24.6 Å². The van der Waals surface area contributed by atoms with Crippen molar-refractivity contribution in [3.05, 3.63) is 53.3 Å². The molecule has 1 aromatic carbocycles. The van der Waals surface area contributed by atoms with Gasteiger partial charge < -0.3 is 4.74 Å². The van der Waals surface area contributed by atoms with Crippen LogP contribution in [-0.4, -0.2) is 17.1 Å². The Bertz CT molecular complexity index is 719. The first kappa shape index (κ1) is 11.9. The average molecular weight is 268 g/mol. The van der Waals surface area contributed by atoms with E-state index in [-0.39, 0.29) is 0 Å². The van der Waals surface area contributed by atoms with Gasteiger partial charge in [0.15, 0.2) is 0 Å². The molecule has 3 nitrogen and oxygen atoms in total. The van der Waals surface area contributed by atoms with E-state index in [1.807, 2.05) is 48.7 Å². The molecule has 0 N–H and O–H groups in total. The molecule has 2 heterocycles. The number of benzene rings is 1. The zero-order chi connectivity index (χ0) is 13.1. The Labute approximate surface area is 115 Å². The van der Waals surface area contributed by atoms with Crippen LogP contribution in [0.3, 0.4) is 0 Å². The third-order valence-electron chi connectivity index (χ3n) is 2.71. The fourth-order valence-electron chi connectivity index (χ4n) is 1.76. The summed E-state index contributed by atoms with van der Waals surface area (Å²) in [6.07, 6.45) is 7.62. The van der Waals surface area contributed by atoms with E-state index in [4.69, 9.17) is 4.74 Å². The minimum absolute atomic E-state index is 0.860. The largest absolute Gasteiger partial charge is 0.497 e. The Morgan fingerprint density at radius 3 is 2.95 bits per heavy atom. The number of fused-ring (bicyclic) bond motifs is 1. The van der Waals surface area contributed by atoms with Crippen molar-refractivity contribution in [2.24, 2.45) is 0 Å². The van der Waals surface area contributed by atoms with E-state index >= 15 is 0 Å². The molecule has 94 valence electrons. The van der Waals surface area contributed by atoms with Crippen LogP contribution in [0.5, 0.6) is 5.75 Å². The third kappa shape index (κ3) is 2.63. The van der Waals surface area contributed by atoms with Crippen LogP contribution >= 0.6 is 11.3 Å². The van der Waals surface area contributed by atoms with Gasteiger partial charge in [-0.3, -0.25) is 4.98 Å². The summed E-state index contributed by atoms with van der Waals surface area (Å²) in [5.41, 5.74) is 2.07. The Balaban J connectivity index is 1.91. The summed E-state index contributed by atoms with van der Waals surface area (Å²) in [6, 6.07) is 9.85. The van der Waals surface area contributed by atoms with Gasteiger partial charge in [-0.05, 0) is 35.9 Å². The topological polar surface area (TPSA) is 35.0 Å². The summed E-state index contributed by atoms with van der Waals surface area (Å²) >= 11 is 1.65. The van der Waals surface area contributed by atoms with E-state index in [0.29, 0.717) is 0 Å². The van der Waals surface area contributed by atoms with Crippen molar-refractivity contribution in [3.63, 3.8) is 0 Å². The molecule has 4 heteroatoms. The highest BCUT2D eigenvalue weighted by molar-refractivity contribution is 7.19. The molecule has 3 aromatic rings. The van der Waals surface area contributed by atoms with E-state index < -0.39 is 0 Å². The smallest absolute Gasteiger partial charge is 0.120 e. The molecule has 0 amide bonds. The maximum Gasteiger partial charge on any atom is 0.120 e. The molecule has 0 fully saturated rings. The van der Waals surface area contributed by atoms with Crippen LogP contribution in [0.2, 0.25) is 0 Å². The van der Waals surface area contributed by atoms with Crippen LogP contribution in [0.4, 0.5) is 0 Å². The molecule has 0 aliphatic rings. The Kier molecular flexibility index (Phi) is 3.25. The first-order chi connectivity index (χ1) is 9.35. The van der Waals surface area contributed by atoms with Crippen LogP contribution in [0.1, 0.15) is 10.6 Å². The number of pyridine rings is 1. The summed E-state index contributed by atoms with van der Waals surface area (Å²) in [6.45, 7) is 0. The van der Waals surface area contributed by atoms with Gasteiger partial charge in [0, 0.05) is 12.4 Å². The molecule has 0 atom stereocenters. The van der Waals surface area contributed by atoms with Crippen molar-refractivity contribution in [1.29, 1.82) is 0 Å². The van der Waals surface area contributed by atoms with Crippen molar-refractivity contribution < 1.29 is 4.74 Å². The molecule has 0 spiro atoms. The fourth-order valence-corrected chi connectivity index (χ4v) is 2.66. The summed E-state index contributed by atoms with van der Waals surface area (Å²) in [7, 11) is 1.67. The van der Waals surface area contributed by atoms with Crippen molar-refractivity contribution >= 4 is 33.7 Å². The van der Waals surface area contributed by atoms with Gasteiger partial charge in [0.25, 0.3) is 0 Å². The number of thiazole rings is 1. The van der Waals surface area contributed by atoms with Crippen molar-refractivity contribution in [1.82, 2.24) is 9.97 Å². The summed E-state index contributed by atoms with van der Waals surface area (Å²) in [5.74, 6) is 0.860. The third-order valence-corrected chi connectivity index (χ3v) is 3.70. The molecule has 0 saturated heterocycles. The normalized spacial score (nSPS) is 11.2. The van der Waals surface area contributed by atoms with Crippen LogP contribution in [0.15, 0.2) is 42.7 Å². The Morgan fingerprint density at radius 1 is 1.21 bits per heavy atom. The van der Waals surface area contributed by atoms with E-state index in [9.17, 15) is 0 Å². The molecule has 0 radical (unpaired) electrons. The van der Waals surface area contributed by atoms with Crippen molar-refractivity contribution in [2.45, 2.75) is 0 Å². The van der Waals surface area contributed by atoms with Gasteiger partial charge in [0.2, 0.25) is 0 Å². The summed E-state index contributed by atoms with van der Waals surface area (Å²) < 4.78 is 6.34. The predicted molar refractivity (Wildman–Crippen MR) is 79.3 cm³/mol. The molecule has 3 rings (SSSR count). The lowest BCUT2D eigenvalue weighted by atomic mass is 10.2. The minimum atomic E-state index is 0.860. The highest BCUT2D eigenvalue weighted by atomic mass is 32.1. The maximum atomic E-state index is 5.21. The number of ether oxygens (including phenoxy) is 1. The van der Waals surface area contributed by atoms with Gasteiger partial charge in [-0.1, -0.05) is 12.1 Å². The standard InChI is InChI=1S/C15H12N2OS/c1-18-12-5-6-13-14(9-12)19-15(17-13)7-4-11-3-2-8-16-10-11/h2-10H,1H3. The first-order valence-corrected chi connectivity index (χ1v) is 6.69. The van der Waals surface area contributed by atoms with Gasteiger partial charge in [-0.2, -0.15) is 0 Å². The first-order valence-electron chi connectivity index (χ1n) is 5.88. The number of aromatic nitrogens is 2. The number of hydrogen-bond acceptors (Lipinski definition) is 4. The quantitative estimate of drug-likeness (QED) is 0.723. The van der Waals surface area contributed by atoms with Crippen LogP contribution in [-0.2, 0) is 0 Å². The highest BCUT2D eigenvalue weighted by Crippen LogP contribution is 2.27. The lowest BCUT2D eigenvalue weighted by Gasteiger charge is -1.96. The van der Waals surface area contributed by atoms with Crippen LogP contribution < -0.4 is 4.74 Å². The van der Waals surface area contributed by atoms with Gasteiger partial charge in [-0.25, -0.2) is 4.98 Å². The monoisotopic (exact) mass is 268 g/mol. The minimum Gasteiger partial charge on any atom is -0.497 e. The lowest BCUT2D eigenvalue weighted by Crippen LogP contribution is -1.80. The molecular formula is C15H12N2OS. The van der Waals surface area contributed by atoms with E-state index in [0.717, 1.165) is 26.5 Å². The maximum absolute atomic E-state index is 5.21. The van der Waals surface area contributed by atoms with Gasteiger partial charge in [-0.15, -0.1) is 11.3 Å². The number of hydrogen-bond donors (Lipinski definition) is 0. The number of methoxy groups -OCH3 is 1. The van der Waals surface area contributed by atoms with Crippen molar-refractivity contribution in [3.8, 4) is 5.75 Å².